The van der Waals surface area contributed by atoms with Gasteiger partial charge in [-0.25, -0.2) is 9.31 Å². The van der Waals surface area contributed by atoms with E-state index in [0.29, 0.717) is 17.9 Å². The van der Waals surface area contributed by atoms with Gasteiger partial charge in [0.1, 0.15) is 0 Å². The molecule has 0 radical (unpaired) electrons. The Hall–Kier alpha value is -4.25. The molecule has 4 fully saturated rings. The summed E-state index contributed by atoms with van der Waals surface area (Å²) in [5.74, 6) is 3.45. The van der Waals surface area contributed by atoms with Gasteiger partial charge in [0, 0.05) is 68.8 Å². The summed E-state index contributed by atoms with van der Waals surface area (Å²) >= 11 is 1.60. The zero-order valence-electron chi connectivity index (χ0n) is 26.8. The minimum Gasteiger partial charge on any atom is -0.382 e. The standard InChI is InChI=1S/C34H40N10O2S/c1-4-22-13-25-7-8-30(44(25)36-15-22)29-14-28(37-21(2)3)27(16-35-29)32-39-40-34(47-32)43-17-23-5-6-24(18-43)31(23)38-33(45)42-11-9-41(10-12-42)26-19-46-20-26/h1,7-8,13-16,21,23-24,26,31H,5-6,9-12,17-20H2,2-3H3,(H,35,37)(H,38,45). The third-order valence-corrected chi connectivity index (χ3v) is 11.1. The van der Waals surface area contributed by atoms with Crippen LogP contribution >= 0.6 is 11.3 Å². The Labute approximate surface area is 278 Å². The number of piperidine rings is 1. The van der Waals surface area contributed by atoms with Gasteiger partial charge in [-0.2, -0.15) is 5.10 Å². The summed E-state index contributed by atoms with van der Waals surface area (Å²) in [5, 5.41) is 22.6. The maximum atomic E-state index is 13.3. The van der Waals surface area contributed by atoms with Gasteiger partial charge in [-0.3, -0.25) is 9.88 Å². The number of hydrogen-bond donors (Lipinski definition) is 2. The number of rotatable bonds is 7. The summed E-state index contributed by atoms with van der Waals surface area (Å²) in [6, 6.07) is 9.05. The smallest absolute Gasteiger partial charge is 0.317 e. The molecule has 13 heteroatoms. The first-order chi connectivity index (χ1) is 22.9. The van der Waals surface area contributed by atoms with E-state index in [9.17, 15) is 4.79 Å². The Kier molecular flexibility index (Phi) is 7.95. The fraction of sp³-hybridized carbons (Fsp3) is 0.500. The van der Waals surface area contributed by atoms with Crippen LogP contribution < -0.4 is 15.5 Å². The van der Waals surface area contributed by atoms with Crippen molar-refractivity contribution in [1.82, 2.24) is 39.9 Å². The van der Waals surface area contributed by atoms with Crippen LogP contribution in [0.5, 0.6) is 0 Å². The molecule has 0 aromatic carbocycles. The van der Waals surface area contributed by atoms with E-state index in [2.05, 4.69) is 61.6 Å². The Bertz CT molecular complexity index is 1800. The van der Waals surface area contributed by atoms with Crippen molar-refractivity contribution in [3.63, 3.8) is 0 Å². The molecular formula is C34H40N10O2S. The SMILES string of the molecule is C#Cc1cnn2c(-c3cc(NC(C)C)c(-c4nnc(N5CC6CCC(C5)C6NC(=O)N5CCN(C6COC6)CC5)s4)cn3)ccc2c1. The third-order valence-electron chi connectivity index (χ3n) is 10.1. The van der Waals surface area contributed by atoms with Crippen LogP contribution in [0.2, 0.25) is 0 Å². The van der Waals surface area contributed by atoms with Crippen molar-refractivity contribution >= 4 is 33.7 Å². The molecule has 3 saturated heterocycles. The average Bonchev–Trinajstić information content (AvgIpc) is 3.76. The maximum Gasteiger partial charge on any atom is 0.317 e. The highest BCUT2D eigenvalue weighted by Crippen LogP contribution is 2.41. The van der Waals surface area contributed by atoms with E-state index in [1.54, 1.807) is 17.5 Å². The van der Waals surface area contributed by atoms with Gasteiger partial charge in [0.15, 0.2) is 5.01 Å². The summed E-state index contributed by atoms with van der Waals surface area (Å²) in [4.78, 5) is 24.9. The van der Waals surface area contributed by atoms with E-state index in [4.69, 9.17) is 16.1 Å². The van der Waals surface area contributed by atoms with Gasteiger partial charge in [-0.15, -0.1) is 16.6 Å². The second kappa shape index (κ2) is 12.4. The molecule has 3 aliphatic heterocycles. The van der Waals surface area contributed by atoms with Gasteiger partial charge in [-0.1, -0.05) is 17.3 Å². The van der Waals surface area contributed by atoms with Crippen LogP contribution in [0.1, 0.15) is 32.3 Å². The minimum atomic E-state index is 0.0884. The van der Waals surface area contributed by atoms with Crippen LogP contribution in [0.3, 0.4) is 0 Å². The van der Waals surface area contributed by atoms with Crippen LogP contribution in [0.15, 0.2) is 36.7 Å². The molecule has 2 amide bonds. The quantitative estimate of drug-likeness (QED) is 0.289. The predicted molar refractivity (Wildman–Crippen MR) is 183 cm³/mol. The van der Waals surface area contributed by atoms with Crippen LogP contribution in [-0.2, 0) is 4.74 Å². The van der Waals surface area contributed by atoms with Crippen molar-refractivity contribution in [3.8, 4) is 34.3 Å². The van der Waals surface area contributed by atoms with Crippen LogP contribution in [0, 0.1) is 24.2 Å². The molecular weight excluding hydrogens is 613 g/mol. The number of aromatic nitrogens is 5. The molecule has 1 saturated carbocycles. The molecule has 2 unspecified atom stereocenters. The number of terminal acetylenes is 1. The molecule has 4 aliphatic rings. The number of pyridine rings is 1. The second-order valence-electron chi connectivity index (χ2n) is 13.4. The summed E-state index contributed by atoms with van der Waals surface area (Å²) < 4.78 is 7.21. The Morgan fingerprint density at radius 3 is 2.55 bits per heavy atom. The number of carbonyl (C=O) groups is 1. The lowest BCUT2D eigenvalue weighted by atomic mass is 9.92. The number of nitrogens with one attached hydrogen (secondary N) is 2. The molecule has 7 heterocycles. The van der Waals surface area contributed by atoms with E-state index in [0.717, 1.165) is 109 Å². The molecule has 244 valence electrons. The summed E-state index contributed by atoms with van der Waals surface area (Å²) in [5.41, 5.74) is 5.22. The van der Waals surface area contributed by atoms with Crippen molar-refractivity contribution in [3.05, 3.63) is 42.2 Å². The molecule has 2 N–H and O–H groups in total. The molecule has 8 rings (SSSR count). The van der Waals surface area contributed by atoms with Crippen molar-refractivity contribution in [2.75, 3.05) is 62.7 Å². The number of amides is 2. The maximum absolute atomic E-state index is 13.3. The van der Waals surface area contributed by atoms with Crippen LogP contribution in [-0.4, -0.2) is 111 Å². The number of ether oxygens (including phenoxy) is 1. The van der Waals surface area contributed by atoms with Crippen molar-refractivity contribution < 1.29 is 9.53 Å². The highest BCUT2D eigenvalue weighted by atomic mass is 32.1. The van der Waals surface area contributed by atoms with Gasteiger partial charge >= 0.3 is 6.03 Å². The Morgan fingerprint density at radius 1 is 1.06 bits per heavy atom. The average molecular weight is 653 g/mol. The number of hydrogen-bond acceptors (Lipinski definition) is 10. The molecule has 1 aliphatic carbocycles. The fourth-order valence-corrected chi connectivity index (χ4v) is 8.38. The molecule has 2 bridgehead atoms. The third kappa shape index (κ3) is 5.79. The van der Waals surface area contributed by atoms with Gasteiger partial charge in [0.05, 0.1) is 47.9 Å². The van der Waals surface area contributed by atoms with Crippen molar-refractivity contribution in [1.29, 1.82) is 0 Å². The Morgan fingerprint density at radius 2 is 1.85 bits per heavy atom. The first-order valence-electron chi connectivity index (χ1n) is 16.6. The van der Waals surface area contributed by atoms with E-state index < -0.39 is 0 Å². The molecule has 47 heavy (non-hydrogen) atoms. The van der Waals surface area contributed by atoms with Gasteiger partial charge in [0.25, 0.3) is 0 Å². The predicted octanol–water partition coefficient (Wildman–Crippen LogP) is 3.66. The molecule has 4 aromatic rings. The highest BCUT2D eigenvalue weighted by Gasteiger charge is 2.44. The molecule has 4 aromatic heterocycles. The number of carbonyl (C=O) groups excluding carboxylic acids is 1. The highest BCUT2D eigenvalue weighted by molar-refractivity contribution is 7.18. The van der Waals surface area contributed by atoms with Crippen LogP contribution in [0.4, 0.5) is 15.6 Å². The van der Waals surface area contributed by atoms with Crippen molar-refractivity contribution in [2.45, 2.75) is 44.8 Å². The van der Waals surface area contributed by atoms with E-state index in [1.807, 2.05) is 33.8 Å². The molecule has 0 spiro atoms. The number of piperazine rings is 1. The second-order valence-corrected chi connectivity index (χ2v) is 14.4. The Balaban J connectivity index is 0.956. The monoisotopic (exact) mass is 652 g/mol. The minimum absolute atomic E-state index is 0.0884. The van der Waals surface area contributed by atoms with Gasteiger partial charge < -0.3 is 25.2 Å². The normalized spacial score (nSPS) is 23.2. The lowest BCUT2D eigenvalue weighted by Gasteiger charge is -2.43. The summed E-state index contributed by atoms with van der Waals surface area (Å²) in [6.45, 7) is 11.0. The largest absolute Gasteiger partial charge is 0.382 e. The summed E-state index contributed by atoms with van der Waals surface area (Å²) in [7, 11) is 0. The molecule has 12 nitrogen and oxygen atoms in total. The lowest BCUT2D eigenvalue weighted by Crippen LogP contribution is -2.60. The summed E-state index contributed by atoms with van der Waals surface area (Å²) in [6.07, 6.45) is 11.4. The topological polar surface area (TPSA) is 116 Å². The molecule has 2 atom stereocenters. The van der Waals surface area contributed by atoms with E-state index >= 15 is 0 Å². The number of fused-ring (bicyclic) bond motifs is 3. The lowest BCUT2D eigenvalue weighted by molar-refractivity contribution is -0.0740. The zero-order valence-corrected chi connectivity index (χ0v) is 27.6. The van der Waals surface area contributed by atoms with Crippen molar-refractivity contribution in [2.24, 2.45) is 11.8 Å². The fourth-order valence-electron chi connectivity index (χ4n) is 7.49. The van der Waals surface area contributed by atoms with E-state index in [1.165, 1.54) is 0 Å². The van der Waals surface area contributed by atoms with E-state index in [-0.39, 0.29) is 18.1 Å². The first kappa shape index (κ1) is 30.1. The first-order valence-corrected chi connectivity index (χ1v) is 17.4. The van der Waals surface area contributed by atoms with Gasteiger partial charge in [-0.05, 0) is 62.8 Å². The van der Waals surface area contributed by atoms with Crippen LogP contribution in [0.25, 0.3) is 27.5 Å². The number of urea groups is 1. The number of nitrogens with zero attached hydrogens (tertiary/aromatic N) is 8. The number of anilines is 2. The zero-order chi connectivity index (χ0) is 32.1. The van der Waals surface area contributed by atoms with Gasteiger partial charge in [0.2, 0.25) is 5.13 Å².